The van der Waals surface area contributed by atoms with Crippen molar-refractivity contribution in [3.8, 4) is 0 Å². The highest BCUT2D eigenvalue weighted by Crippen LogP contribution is 2.23. The van der Waals surface area contributed by atoms with E-state index in [-0.39, 0.29) is 23.7 Å². The number of hydrogen-bond acceptors (Lipinski definition) is 4. The van der Waals surface area contributed by atoms with Crippen LogP contribution in [0.4, 0.5) is 5.69 Å². The predicted molar refractivity (Wildman–Crippen MR) is 107 cm³/mol. The molecule has 0 spiro atoms. The van der Waals surface area contributed by atoms with Gasteiger partial charge in [-0.05, 0) is 29.3 Å². The largest absolute Gasteiger partial charge is 0.294 e. The summed E-state index contributed by atoms with van der Waals surface area (Å²) in [5.41, 5.74) is 2.20. The molecule has 0 aliphatic heterocycles. The van der Waals surface area contributed by atoms with Crippen LogP contribution in [0.25, 0.3) is 5.57 Å². The SMILES string of the molecule is O=C(C=C(CC(=O)c1ccc([N+](=O)[O-])cc1)c1ccccc1)c1ccccc1. The summed E-state index contributed by atoms with van der Waals surface area (Å²) < 4.78 is 0. The molecule has 28 heavy (non-hydrogen) atoms. The van der Waals surface area contributed by atoms with Crippen LogP contribution in [0.15, 0.2) is 91.0 Å². The first kappa shape index (κ1) is 18.9. The maximum atomic E-state index is 12.7. The zero-order chi connectivity index (χ0) is 19.9. The van der Waals surface area contributed by atoms with Crippen LogP contribution in [-0.4, -0.2) is 16.5 Å². The van der Waals surface area contributed by atoms with Crippen LogP contribution >= 0.6 is 0 Å². The smallest absolute Gasteiger partial charge is 0.269 e. The summed E-state index contributed by atoms with van der Waals surface area (Å²) in [4.78, 5) is 35.6. The van der Waals surface area contributed by atoms with Crippen molar-refractivity contribution in [3.05, 3.63) is 118 Å². The summed E-state index contributed by atoms with van der Waals surface area (Å²) in [6.07, 6.45) is 1.49. The Morgan fingerprint density at radius 2 is 1.29 bits per heavy atom. The van der Waals surface area contributed by atoms with Crippen LogP contribution in [0.1, 0.15) is 32.7 Å². The fraction of sp³-hybridized carbons (Fsp3) is 0.0435. The van der Waals surface area contributed by atoms with Crippen LogP contribution < -0.4 is 0 Å². The van der Waals surface area contributed by atoms with Crippen molar-refractivity contribution in [2.24, 2.45) is 0 Å². The second-order valence-corrected chi connectivity index (χ2v) is 6.17. The average molecular weight is 371 g/mol. The Kier molecular flexibility index (Phi) is 5.87. The molecule has 3 aromatic rings. The summed E-state index contributed by atoms with van der Waals surface area (Å²) in [5.74, 6) is -0.401. The van der Waals surface area contributed by atoms with Gasteiger partial charge in [0.2, 0.25) is 0 Å². The fourth-order valence-corrected chi connectivity index (χ4v) is 2.78. The number of hydrogen-bond donors (Lipinski definition) is 0. The molecule has 0 atom stereocenters. The molecule has 0 amide bonds. The van der Waals surface area contributed by atoms with E-state index in [9.17, 15) is 19.7 Å². The summed E-state index contributed by atoms with van der Waals surface area (Å²) in [6, 6.07) is 23.5. The molecule has 0 saturated heterocycles. The molecule has 0 aliphatic carbocycles. The highest BCUT2D eigenvalue weighted by Gasteiger charge is 2.14. The number of nitro benzene ring substituents is 1. The van der Waals surface area contributed by atoms with Gasteiger partial charge in [0.1, 0.15) is 0 Å². The van der Waals surface area contributed by atoms with E-state index in [0.29, 0.717) is 16.7 Å². The van der Waals surface area contributed by atoms with Gasteiger partial charge < -0.3 is 0 Å². The minimum Gasteiger partial charge on any atom is -0.294 e. The van der Waals surface area contributed by atoms with Crippen molar-refractivity contribution in [1.82, 2.24) is 0 Å². The maximum Gasteiger partial charge on any atom is 0.269 e. The standard InChI is InChI=1S/C23H17NO4/c25-22(18-9-5-2-6-10-18)15-20(17-7-3-1-4-8-17)16-23(26)19-11-13-21(14-12-19)24(27)28/h1-15H,16H2. The quantitative estimate of drug-likeness (QED) is 0.249. The van der Waals surface area contributed by atoms with Crippen LogP contribution in [0.5, 0.6) is 0 Å². The number of allylic oxidation sites excluding steroid dienone is 2. The molecule has 0 unspecified atom stereocenters. The third kappa shape index (κ3) is 4.65. The van der Waals surface area contributed by atoms with Crippen molar-refractivity contribution in [2.45, 2.75) is 6.42 Å². The van der Waals surface area contributed by atoms with E-state index in [0.717, 1.165) is 5.56 Å². The molecular weight excluding hydrogens is 354 g/mol. The lowest BCUT2D eigenvalue weighted by Crippen LogP contribution is -2.03. The normalized spacial score (nSPS) is 11.1. The Labute approximate surface area is 162 Å². The number of Topliss-reactive ketones (excluding diaryl/α,β-unsaturated/α-hetero) is 1. The molecule has 0 saturated carbocycles. The minimum absolute atomic E-state index is 0.0143. The molecular formula is C23H17NO4. The van der Waals surface area contributed by atoms with Gasteiger partial charge in [0.25, 0.3) is 5.69 Å². The summed E-state index contributed by atoms with van der Waals surface area (Å²) in [7, 11) is 0. The molecule has 138 valence electrons. The predicted octanol–water partition coefficient (Wildman–Crippen LogP) is 5.13. The highest BCUT2D eigenvalue weighted by atomic mass is 16.6. The lowest BCUT2D eigenvalue weighted by molar-refractivity contribution is -0.384. The second-order valence-electron chi connectivity index (χ2n) is 6.17. The van der Waals surface area contributed by atoms with Crippen molar-refractivity contribution in [1.29, 1.82) is 0 Å². The molecule has 0 heterocycles. The Morgan fingerprint density at radius 1 is 0.750 bits per heavy atom. The van der Waals surface area contributed by atoms with Crippen LogP contribution in [0.2, 0.25) is 0 Å². The van der Waals surface area contributed by atoms with Gasteiger partial charge in [-0.2, -0.15) is 0 Å². The number of carbonyl (C=O) groups is 2. The molecule has 0 fully saturated rings. The Bertz CT molecular complexity index is 1020. The van der Waals surface area contributed by atoms with Gasteiger partial charge in [0.15, 0.2) is 11.6 Å². The first-order valence-corrected chi connectivity index (χ1v) is 8.67. The van der Waals surface area contributed by atoms with Crippen LogP contribution in [0, 0.1) is 10.1 Å². The van der Waals surface area contributed by atoms with Gasteiger partial charge in [0.05, 0.1) is 4.92 Å². The third-order valence-corrected chi connectivity index (χ3v) is 4.26. The summed E-state index contributed by atoms with van der Waals surface area (Å²) >= 11 is 0. The molecule has 0 N–H and O–H groups in total. The van der Waals surface area contributed by atoms with E-state index in [4.69, 9.17) is 0 Å². The number of nitrogens with zero attached hydrogens (tertiary/aromatic N) is 1. The van der Waals surface area contributed by atoms with E-state index in [1.54, 1.807) is 24.3 Å². The molecule has 5 heteroatoms. The van der Waals surface area contributed by atoms with E-state index in [1.165, 1.54) is 30.3 Å². The molecule has 0 bridgehead atoms. The first-order valence-electron chi connectivity index (χ1n) is 8.67. The Balaban J connectivity index is 1.89. The van der Waals surface area contributed by atoms with Gasteiger partial charge in [-0.3, -0.25) is 19.7 Å². The number of non-ortho nitro benzene ring substituents is 1. The lowest BCUT2D eigenvalue weighted by atomic mass is 9.95. The first-order chi connectivity index (χ1) is 13.5. The van der Waals surface area contributed by atoms with E-state index in [2.05, 4.69) is 0 Å². The zero-order valence-corrected chi connectivity index (χ0v) is 14.9. The minimum atomic E-state index is -0.512. The zero-order valence-electron chi connectivity index (χ0n) is 14.9. The third-order valence-electron chi connectivity index (χ3n) is 4.26. The maximum absolute atomic E-state index is 12.7. The van der Waals surface area contributed by atoms with E-state index >= 15 is 0 Å². The van der Waals surface area contributed by atoms with E-state index < -0.39 is 4.92 Å². The monoisotopic (exact) mass is 371 g/mol. The number of benzene rings is 3. The van der Waals surface area contributed by atoms with E-state index in [1.807, 2.05) is 36.4 Å². The fourth-order valence-electron chi connectivity index (χ4n) is 2.78. The number of carbonyl (C=O) groups excluding carboxylic acids is 2. The lowest BCUT2D eigenvalue weighted by Gasteiger charge is -2.08. The number of nitro groups is 1. The highest BCUT2D eigenvalue weighted by molar-refractivity contribution is 6.11. The van der Waals surface area contributed by atoms with Crippen LogP contribution in [0.3, 0.4) is 0 Å². The Hall–Kier alpha value is -3.86. The van der Waals surface area contributed by atoms with Crippen LogP contribution in [-0.2, 0) is 0 Å². The number of ketones is 2. The summed E-state index contributed by atoms with van der Waals surface area (Å²) in [6.45, 7) is 0. The van der Waals surface area contributed by atoms with Gasteiger partial charge in [-0.25, -0.2) is 0 Å². The van der Waals surface area contributed by atoms with Gasteiger partial charge in [-0.1, -0.05) is 60.7 Å². The number of rotatable bonds is 7. The molecule has 0 aliphatic rings. The molecule has 3 aromatic carbocycles. The molecule has 3 rings (SSSR count). The topological polar surface area (TPSA) is 77.3 Å². The van der Waals surface area contributed by atoms with Gasteiger partial charge in [-0.15, -0.1) is 0 Å². The molecule has 0 radical (unpaired) electrons. The average Bonchev–Trinajstić information content (AvgIpc) is 2.74. The molecule has 0 aromatic heterocycles. The summed E-state index contributed by atoms with van der Waals surface area (Å²) in [5, 5.41) is 10.8. The van der Waals surface area contributed by atoms with Gasteiger partial charge in [0, 0.05) is 29.7 Å². The van der Waals surface area contributed by atoms with Gasteiger partial charge >= 0.3 is 0 Å². The molecule has 5 nitrogen and oxygen atoms in total. The van der Waals surface area contributed by atoms with Crippen molar-refractivity contribution < 1.29 is 14.5 Å². The van der Waals surface area contributed by atoms with Crippen molar-refractivity contribution in [3.63, 3.8) is 0 Å². The Morgan fingerprint density at radius 3 is 1.82 bits per heavy atom. The second kappa shape index (κ2) is 8.68. The van der Waals surface area contributed by atoms with Crippen molar-refractivity contribution in [2.75, 3.05) is 0 Å². The van der Waals surface area contributed by atoms with Crippen molar-refractivity contribution >= 4 is 22.8 Å².